The second kappa shape index (κ2) is 9.22. The van der Waals surface area contributed by atoms with Crippen molar-refractivity contribution in [1.82, 2.24) is 20.6 Å². The maximum Gasteiger partial charge on any atom is 0.338 e. The van der Waals surface area contributed by atoms with E-state index in [2.05, 4.69) is 20.6 Å². The smallest absolute Gasteiger partial charge is 0.338 e. The van der Waals surface area contributed by atoms with Gasteiger partial charge in [-0.15, -0.1) is 0 Å². The van der Waals surface area contributed by atoms with E-state index in [9.17, 15) is 19.2 Å². The first kappa shape index (κ1) is 23.6. The third-order valence-electron chi connectivity index (χ3n) is 5.21. The minimum Gasteiger partial charge on any atom is -0.478 e. The molecule has 0 aliphatic carbocycles. The molecule has 1 aliphatic rings. The first-order valence-corrected chi connectivity index (χ1v) is 10.4. The van der Waals surface area contributed by atoms with Crippen LogP contribution in [0.25, 0.3) is 0 Å². The van der Waals surface area contributed by atoms with E-state index >= 15 is 0 Å². The van der Waals surface area contributed by atoms with E-state index in [1.165, 1.54) is 0 Å². The van der Waals surface area contributed by atoms with Crippen molar-refractivity contribution >= 4 is 46.9 Å². The van der Waals surface area contributed by atoms with E-state index < -0.39 is 23.2 Å². The predicted molar refractivity (Wildman–Crippen MR) is 115 cm³/mol. The van der Waals surface area contributed by atoms with Gasteiger partial charge in [0.05, 0.1) is 11.5 Å². The van der Waals surface area contributed by atoms with Crippen LogP contribution in [-0.2, 0) is 26.3 Å². The highest BCUT2D eigenvalue weighted by molar-refractivity contribution is 6.36. The summed E-state index contributed by atoms with van der Waals surface area (Å²) in [4.78, 5) is 55.2. The van der Waals surface area contributed by atoms with Crippen molar-refractivity contribution in [3.05, 3.63) is 57.1 Å². The van der Waals surface area contributed by atoms with Gasteiger partial charge in [0.1, 0.15) is 11.2 Å². The molecule has 1 aromatic heterocycles. The Morgan fingerprint density at radius 1 is 1.19 bits per heavy atom. The van der Waals surface area contributed by atoms with Crippen molar-refractivity contribution in [2.45, 2.75) is 44.6 Å². The Hall–Kier alpha value is -3.04. The number of hydrogen-bond donors (Lipinski definition) is 3. The van der Waals surface area contributed by atoms with Crippen LogP contribution in [0.15, 0.2) is 24.5 Å². The van der Waals surface area contributed by atoms with Gasteiger partial charge in [0.2, 0.25) is 17.7 Å². The first-order chi connectivity index (χ1) is 15.0. The normalized spacial score (nSPS) is 16.4. The molecule has 1 saturated heterocycles. The molecule has 1 atom stereocenters. The van der Waals surface area contributed by atoms with Crippen LogP contribution in [0.1, 0.15) is 59.9 Å². The van der Waals surface area contributed by atoms with E-state index in [1.807, 2.05) is 0 Å². The van der Waals surface area contributed by atoms with Gasteiger partial charge in [0.25, 0.3) is 0 Å². The molecule has 1 aliphatic heterocycles. The number of benzene rings is 1. The van der Waals surface area contributed by atoms with Crippen molar-refractivity contribution in [1.29, 1.82) is 0 Å². The Morgan fingerprint density at radius 3 is 2.31 bits per heavy atom. The molecular weight excluding hydrogens is 459 g/mol. The largest absolute Gasteiger partial charge is 0.478 e. The number of carboxylic acid groups (broad SMARTS) is 1. The highest BCUT2D eigenvalue weighted by atomic mass is 35.5. The fourth-order valence-electron chi connectivity index (χ4n) is 3.31. The van der Waals surface area contributed by atoms with Crippen LogP contribution in [0.5, 0.6) is 0 Å². The van der Waals surface area contributed by atoms with Crippen molar-refractivity contribution in [2.75, 3.05) is 0 Å². The summed E-state index contributed by atoms with van der Waals surface area (Å²) < 4.78 is 0. The first-order valence-electron chi connectivity index (χ1n) is 9.66. The molecule has 3 amide bonds. The lowest BCUT2D eigenvalue weighted by atomic mass is 9.89. The molecule has 3 N–H and O–H groups in total. The Bertz CT molecular complexity index is 1080. The van der Waals surface area contributed by atoms with Gasteiger partial charge in [0, 0.05) is 41.0 Å². The van der Waals surface area contributed by atoms with Gasteiger partial charge in [-0.25, -0.2) is 14.8 Å². The van der Waals surface area contributed by atoms with Crippen molar-refractivity contribution in [2.24, 2.45) is 0 Å². The monoisotopic (exact) mass is 478 g/mol. The Balaban J connectivity index is 1.72. The SMILES string of the molecule is CC(C)(C(=O)NCc1cc(Cl)c(C2CCC(=O)NC2=O)c(Cl)c1)c1ncc(C(=O)O)cn1. The van der Waals surface area contributed by atoms with Crippen LogP contribution in [0, 0.1) is 0 Å². The Morgan fingerprint density at radius 2 is 1.78 bits per heavy atom. The fraction of sp³-hybridized carbons (Fsp3) is 0.333. The number of nitrogens with zero attached hydrogens (tertiary/aromatic N) is 2. The summed E-state index contributed by atoms with van der Waals surface area (Å²) >= 11 is 12.8. The minimum atomic E-state index is -1.16. The van der Waals surface area contributed by atoms with Crippen LogP contribution in [0.3, 0.4) is 0 Å². The highest BCUT2D eigenvalue weighted by Crippen LogP contribution is 2.37. The summed E-state index contributed by atoms with van der Waals surface area (Å²) in [6, 6.07) is 3.22. The molecular formula is C21H20Cl2N4O5. The predicted octanol–water partition coefficient (Wildman–Crippen LogP) is 2.60. The van der Waals surface area contributed by atoms with Gasteiger partial charge in [-0.1, -0.05) is 23.2 Å². The third kappa shape index (κ3) is 4.89. The van der Waals surface area contributed by atoms with Crippen molar-refractivity contribution in [3.8, 4) is 0 Å². The number of aromatic carboxylic acids is 1. The van der Waals surface area contributed by atoms with E-state index in [0.717, 1.165) is 12.4 Å². The molecule has 2 heterocycles. The molecule has 32 heavy (non-hydrogen) atoms. The average molecular weight is 479 g/mol. The van der Waals surface area contributed by atoms with E-state index in [4.69, 9.17) is 28.3 Å². The molecule has 0 saturated carbocycles. The molecule has 1 unspecified atom stereocenters. The molecule has 2 aromatic rings. The summed E-state index contributed by atoms with van der Waals surface area (Å²) in [6.45, 7) is 3.33. The second-order valence-corrected chi connectivity index (χ2v) is 8.70. The number of hydrogen-bond acceptors (Lipinski definition) is 6. The van der Waals surface area contributed by atoms with E-state index in [1.54, 1.807) is 26.0 Å². The standard InChI is InChI=1S/C21H20Cl2N4O5/c1-21(2,19-24-8-11(9-25-19)18(30)31)20(32)26-7-10-5-13(22)16(14(23)6-10)12-3-4-15(28)27-17(12)29/h5-6,8-9,12H,3-4,7H2,1-2H3,(H,26,32)(H,30,31)(H,27,28,29). The molecule has 0 radical (unpaired) electrons. The topological polar surface area (TPSA) is 138 Å². The van der Waals surface area contributed by atoms with Crippen LogP contribution in [-0.4, -0.2) is 38.8 Å². The van der Waals surface area contributed by atoms with Crippen molar-refractivity contribution in [3.63, 3.8) is 0 Å². The molecule has 9 nitrogen and oxygen atoms in total. The van der Waals surface area contributed by atoms with Gasteiger partial charge < -0.3 is 10.4 Å². The number of carbonyl (C=O) groups is 4. The Kier molecular flexibility index (Phi) is 6.80. The maximum atomic E-state index is 12.8. The molecule has 0 spiro atoms. The lowest BCUT2D eigenvalue weighted by Gasteiger charge is -2.24. The van der Waals surface area contributed by atoms with Gasteiger partial charge in [-0.05, 0) is 38.0 Å². The second-order valence-electron chi connectivity index (χ2n) is 7.89. The Labute approximate surface area is 193 Å². The number of piperidine rings is 1. The molecule has 11 heteroatoms. The molecule has 168 valence electrons. The summed E-state index contributed by atoms with van der Waals surface area (Å²) in [5, 5.41) is 14.5. The van der Waals surface area contributed by atoms with Crippen LogP contribution >= 0.6 is 23.2 Å². The van der Waals surface area contributed by atoms with Gasteiger partial charge >= 0.3 is 5.97 Å². The number of imide groups is 1. The third-order valence-corrected chi connectivity index (χ3v) is 5.83. The number of amides is 3. The summed E-state index contributed by atoms with van der Waals surface area (Å²) in [5.41, 5.74) is -0.148. The molecule has 1 aromatic carbocycles. The summed E-state index contributed by atoms with van der Waals surface area (Å²) in [7, 11) is 0. The fourth-order valence-corrected chi connectivity index (χ4v) is 4.10. The quantitative estimate of drug-likeness (QED) is 0.542. The lowest BCUT2D eigenvalue weighted by molar-refractivity contribution is -0.134. The number of nitrogens with one attached hydrogen (secondary N) is 2. The molecule has 3 rings (SSSR count). The number of halogens is 2. The van der Waals surface area contributed by atoms with Crippen LogP contribution < -0.4 is 10.6 Å². The summed E-state index contributed by atoms with van der Waals surface area (Å²) in [6.07, 6.45) is 2.81. The average Bonchev–Trinajstić information content (AvgIpc) is 2.73. The van der Waals surface area contributed by atoms with E-state index in [-0.39, 0.29) is 46.2 Å². The number of carboxylic acids is 1. The number of rotatable bonds is 6. The van der Waals surface area contributed by atoms with Gasteiger partial charge in [0.15, 0.2) is 0 Å². The van der Waals surface area contributed by atoms with Gasteiger partial charge in [-0.2, -0.15) is 0 Å². The van der Waals surface area contributed by atoms with Crippen LogP contribution in [0.2, 0.25) is 10.0 Å². The minimum absolute atomic E-state index is 0.0784. The lowest BCUT2D eigenvalue weighted by Crippen LogP contribution is -2.41. The highest BCUT2D eigenvalue weighted by Gasteiger charge is 2.34. The zero-order valence-electron chi connectivity index (χ0n) is 17.2. The summed E-state index contributed by atoms with van der Waals surface area (Å²) in [5.74, 6) is -2.77. The maximum absolute atomic E-state index is 12.8. The molecule has 0 bridgehead atoms. The van der Waals surface area contributed by atoms with Gasteiger partial charge in [-0.3, -0.25) is 19.7 Å². The zero-order chi connectivity index (χ0) is 23.6. The van der Waals surface area contributed by atoms with E-state index in [0.29, 0.717) is 17.5 Å². The zero-order valence-corrected chi connectivity index (χ0v) is 18.8. The molecule has 1 fully saturated rings. The number of aromatic nitrogens is 2. The van der Waals surface area contributed by atoms with Crippen LogP contribution in [0.4, 0.5) is 0 Å². The van der Waals surface area contributed by atoms with Crippen molar-refractivity contribution < 1.29 is 24.3 Å². The number of carbonyl (C=O) groups excluding carboxylic acids is 3.